The van der Waals surface area contributed by atoms with Gasteiger partial charge in [-0.05, 0) is 12.8 Å². The molecule has 8 nitrogen and oxygen atoms in total. The van der Waals surface area contributed by atoms with Crippen molar-refractivity contribution in [1.29, 1.82) is 0 Å². The number of nitrogens with two attached hydrogens (primary N) is 1. The number of carbonyl (C=O) groups is 1. The SMILES string of the molecule is CCCCCCCCCCCCCCCCCCCC(O)C(COP(=O)(O)OCCN)NC(=O)CCCCCCCCCCCCCCCCCC. The molecule has 0 aliphatic rings. The lowest BCUT2D eigenvalue weighted by Gasteiger charge is -2.25. The molecule has 0 spiro atoms. The van der Waals surface area contributed by atoms with Gasteiger partial charge in [-0.2, -0.15) is 0 Å². The Kier molecular flexibility index (Phi) is 39.8. The van der Waals surface area contributed by atoms with Crippen molar-refractivity contribution in [3.63, 3.8) is 0 Å². The highest BCUT2D eigenvalue weighted by Gasteiger charge is 2.27. The first-order valence-corrected chi connectivity index (χ1v) is 24.1. The highest BCUT2D eigenvalue weighted by atomic mass is 31.2. The molecule has 0 rings (SSSR count). The van der Waals surface area contributed by atoms with Crippen LogP contribution in [0.25, 0.3) is 0 Å². The van der Waals surface area contributed by atoms with Crippen molar-refractivity contribution in [3.8, 4) is 0 Å². The number of unbranched alkanes of at least 4 members (excludes halogenated alkanes) is 31. The van der Waals surface area contributed by atoms with E-state index < -0.39 is 20.0 Å². The van der Waals surface area contributed by atoms with Crippen LogP contribution in [-0.2, 0) is 18.4 Å². The van der Waals surface area contributed by atoms with Gasteiger partial charge in [0.25, 0.3) is 0 Å². The Morgan fingerprint density at radius 3 is 1.23 bits per heavy atom. The third-order valence-electron chi connectivity index (χ3n) is 10.5. The summed E-state index contributed by atoms with van der Waals surface area (Å²) in [6.07, 6.45) is 42.5. The summed E-state index contributed by atoms with van der Waals surface area (Å²) in [5.41, 5.74) is 5.38. The lowest BCUT2D eigenvalue weighted by Crippen LogP contribution is -2.46. The van der Waals surface area contributed by atoms with E-state index in [1.165, 1.54) is 173 Å². The smallest absolute Gasteiger partial charge is 0.391 e. The molecule has 0 bridgehead atoms. The monoisotopic (exact) mass is 761 g/mol. The number of aliphatic hydroxyl groups is 1. The van der Waals surface area contributed by atoms with Gasteiger partial charge in [0.2, 0.25) is 5.91 Å². The molecule has 3 unspecified atom stereocenters. The molecule has 312 valence electrons. The van der Waals surface area contributed by atoms with E-state index in [1.54, 1.807) is 0 Å². The molecule has 0 heterocycles. The second-order valence-electron chi connectivity index (χ2n) is 15.6. The molecule has 3 atom stereocenters. The third-order valence-corrected chi connectivity index (χ3v) is 11.4. The Labute approximate surface area is 322 Å². The average molecular weight is 761 g/mol. The fraction of sp³-hybridized carbons (Fsp3) is 0.977. The molecule has 0 saturated heterocycles. The maximum absolute atomic E-state index is 12.8. The van der Waals surface area contributed by atoms with E-state index in [0.29, 0.717) is 12.8 Å². The molecule has 5 N–H and O–H groups in total. The second kappa shape index (κ2) is 40.2. The molecule has 0 aromatic heterocycles. The molecule has 1 amide bonds. The maximum Gasteiger partial charge on any atom is 0.472 e. The van der Waals surface area contributed by atoms with Crippen molar-refractivity contribution in [3.05, 3.63) is 0 Å². The molecule has 0 aromatic carbocycles. The summed E-state index contributed by atoms with van der Waals surface area (Å²) in [7, 11) is -4.31. The van der Waals surface area contributed by atoms with Gasteiger partial charge in [-0.15, -0.1) is 0 Å². The van der Waals surface area contributed by atoms with Gasteiger partial charge in [0.1, 0.15) is 0 Å². The van der Waals surface area contributed by atoms with Crippen molar-refractivity contribution < 1.29 is 28.4 Å². The molecule has 0 radical (unpaired) electrons. The number of nitrogens with one attached hydrogen (secondary N) is 1. The van der Waals surface area contributed by atoms with Gasteiger partial charge in [0.15, 0.2) is 0 Å². The van der Waals surface area contributed by atoms with Gasteiger partial charge in [0.05, 0.1) is 25.4 Å². The van der Waals surface area contributed by atoms with Crippen LogP contribution in [-0.4, -0.2) is 47.8 Å². The first-order valence-electron chi connectivity index (χ1n) is 22.7. The van der Waals surface area contributed by atoms with Crippen LogP contribution in [0.5, 0.6) is 0 Å². The van der Waals surface area contributed by atoms with Crippen molar-refractivity contribution in [2.45, 2.75) is 251 Å². The standard InChI is InChI=1S/C43H89N2O6P/c1-3-5-7-9-11-13-15-17-19-21-22-24-26-28-30-32-34-36-42(46)41(40-51-52(48,49)50-39-38-44)45-43(47)37-35-33-31-29-27-25-23-20-18-16-14-12-10-8-6-4-2/h41-42,46H,3-40,44H2,1-2H3,(H,45,47)(H,48,49). The quantitative estimate of drug-likeness (QED) is 0.0359. The minimum Gasteiger partial charge on any atom is -0.391 e. The van der Waals surface area contributed by atoms with Gasteiger partial charge in [-0.1, -0.05) is 219 Å². The minimum absolute atomic E-state index is 0.0926. The van der Waals surface area contributed by atoms with Crippen LogP contribution in [0.15, 0.2) is 0 Å². The zero-order valence-electron chi connectivity index (χ0n) is 34.6. The first kappa shape index (κ1) is 51.5. The van der Waals surface area contributed by atoms with Gasteiger partial charge in [0, 0.05) is 13.0 Å². The summed E-state index contributed by atoms with van der Waals surface area (Å²) in [4.78, 5) is 22.7. The number of hydrogen-bond acceptors (Lipinski definition) is 6. The van der Waals surface area contributed by atoms with Crippen molar-refractivity contribution in [2.24, 2.45) is 5.73 Å². The second-order valence-corrected chi connectivity index (χ2v) is 17.1. The fourth-order valence-corrected chi connectivity index (χ4v) is 7.78. The lowest BCUT2D eigenvalue weighted by atomic mass is 10.0. The van der Waals surface area contributed by atoms with E-state index in [9.17, 15) is 19.4 Å². The van der Waals surface area contributed by atoms with E-state index in [0.717, 1.165) is 38.5 Å². The number of amides is 1. The summed E-state index contributed by atoms with van der Waals surface area (Å²) in [6.45, 7) is 4.24. The van der Waals surface area contributed by atoms with Crippen molar-refractivity contribution in [1.82, 2.24) is 5.32 Å². The molecule has 0 saturated carbocycles. The minimum atomic E-state index is -4.31. The predicted octanol–water partition coefficient (Wildman–Crippen LogP) is 12.6. The number of rotatable bonds is 43. The Hall–Kier alpha value is -0.500. The molecule has 9 heteroatoms. The van der Waals surface area contributed by atoms with Crippen molar-refractivity contribution >= 4 is 13.7 Å². The first-order chi connectivity index (χ1) is 25.4. The lowest BCUT2D eigenvalue weighted by molar-refractivity contribution is -0.123. The van der Waals surface area contributed by atoms with Crippen LogP contribution in [0.4, 0.5) is 0 Å². The molecule has 0 aromatic rings. The van der Waals surface area contributed by atoms with E-state index in [2.05, 4.69) is 19.2 Å². The van der Waals surface area contributed by atoms with Gasteiger partial charge in [-0.3, -0.25) is 13.8 Å². The number of carbonyl (C=O) groups excluding carboxylic acids is 1. The van der Waals surface area contributed by atoms with Crippen LogP contribution in [0, 0.1) is 0 Å². The van der Waals surface area contributed by atoms with Crippen molar-refractivity contribution in [2.75, 3.05) is 19.8 Å². The third kappa shape index (κ3) is 37.8. The molecule has 52 heavy (non-hydrogen) atoms. The van der Waals surface area contributed by atoms with E-state index in [1.807, 2.05) is 0 Å². The highest BCUT2D eigenvalue weighted by Crippen LogP contribution is 2.43. The topological polar surface area (TPSA) is 131 Å². The average Bonchev–Trinajstić information content (AvgIpc) is 3.13. The number of phosphoric ester groups is 1. The zero-order valence-corrected chi connectivity index (χ0v) is 35.5. The number of phosphoric acid groups is 1. The summed E-state index contributed by atoms with van der Waals surface area (Å²) < 4.78 is 22.2. The maximum atomic E-state index is 12.8. The largest absolute Gasteiger partial charge is 0.472 e. The molecule has 0 aliphatic heterocycles. The van der Waals surface area contributed by atoms with E-state index in [4.69, 9.17) is 14.8 Å². The van der Waals surface area contributed by atoms with Crippen LogP contribution >= 0.6 is 7.82 Å². The zero-order chi connectivity index (χ0) is 38.2. The Morgan fingerprint density at radius 1 is 0.558 bits per heavy atom. The van der Waals surface area contributed by atoms with Crippen LogP contribution in [0.3, 0.4) is 0 Å². The molecule has 0 aliphatic carbocycles. The normalized spacial score (nSPS) is 14.0. The van der Waals surface area contributed by atoms with Gasteiger partial charge < -0.3 is 21.1 Å². The van der Waals surface area contributed by atoms with E-state index in [-0.39, 0.29) is 25.7 Å². The van der Waals surface area contributed by atoms with Gasteiger partial charge in [-0.25, -0.2) is 4.57 Å². The summed E-state index contributed by atoms with van der Waals surface area (Å²) in [6, 6.07) is -0.767. The summed E-state index contributed by atoms with van der Waals surface area (Å²) >= 11 is 0. The fourth-order valence-electron chi connectivity index (χ4n) is 7.02. The predicted molar refractivity (Wildman–Crippen MR) is 222 cm³/mol. The number of aliphatic hydroxyl groups excluding tert-OH is 1. The number of hydrogen-bond donors (Lipinski definition) is 4. The summed E-state index contributed by atoms with van der Waals surface area (Å²) in [5.74, 6) is -0.156. The van der Waals surface area contributed by atoms with E-state index >= 15 is 0 Å². The molecule has 0 fully saturated rings. The van der Waals surface area contributed by atoms with Gasteiger partial charge >= 0.3 is 7.82 Å². The Bertz CT molecular complexity index is 789. The molecular weight excluding hydrogens is 671 g/mol. The summed E-state index contributed by atoms with van der Waals surface area (Å²) in [5, 5.41) is 13.8. The molecular formula is C43H89N2O6P. The van der Waals surface area contributed by atoms with Crippen LogP contribution in [0.2, 0.25) is 0 Å². The highest BCUT2D eigenvalue weighted by molar-refractivity contribution is 7.47. The Morgan fingerprint density at radius 2 is 0.885 bits per heavy atom. The Balaban J connectivity index is 4.10. The van der Waals surface area contributed by atoms with Crippen LogP contribution in [0.1, 0.15) is 239 Å². The van der Waals surface area contributed by atoms with Crippen LogP contribution < -0.4 is 11.1 Å².